The van der Waals surface area contributed by atoms with Crippen molar-refractivity contribution in [1.82, 2.24) is 10.2 Å². The molecule has 1 heterocycles. The van der Waals surface area contributed by atoms with Gasteiger partial charge >= 0.3 is 0 Å². The molecule has 1 aromatic carbocycles. The van der Waals surface area contributed by atoms with Gasteiger partial charge in [-0.25, -0.2) is 8.78 Å². The summed E-state index contributed by atoms with van der Waals surface area (Å²) in [7, 11) is 1.73. The molecule has 0 saturated heterocycles. The number of aromatic nitrogens is 2. The third-order valence-corrected chi connectivity index (χ3v) is 2.43. The van der Waals surface area contributed by atoms with Crippen molar-refractivity contribution in [3.63, 3.8) is 0 Å². The Bertz CT molecular complexity index is 555. The van der Waals surface area contributed by atoms with Crippen LogP contribution in [-0.4, -0.2) is 17.2 Å². The quantitative estimate of drug-likeness (QED) is 0.869. The van der Waals surface area contributed by atoms with Gasteiger partial charge in [0.1, 0.15) is 11.6 Å². The second-order valence-electron chi connectivity index (χ2n) is 3.64. The maximum atomic E-state index is 13.5. The zero-order valence-corrected chi connectivity index (χ0v) is 9.46. The Balaban J connectivity index is 2.50. The Morgan fingerprint density at radius 2 is 1.88 bits per heavy atom. The van der Waals surface area contributed by atoms with Gasteiger partial charge in [0.05, 0.1) is 5.69 Å². The van der Waals surface area contributed by atoms with Crippen molar-refractivity contribution < 1.29 is 8.78 Å². The van der Waals surface area contributed by atoms with Gasteiger partial charge in [0.15, 0.2) is 5.82 Å². The van der Waals surface area contributed by atoms with Crippen molar-refractivity contribution in [2.45, 2.75) is 6.92 Å². The average molecular weight is 235 g/mol. The minimum absolute atomic E-state index is 0.240. The summed E-state index contributed by atoms with van der Waals surface area (Å²) in [6.45, 7) is 1.84. The lowest BCUT2D eigenvalue weighted by atomic mass is 10.1. The molecule has 0 atom stereocenters. The lowest BCUT2D eigenvalue weighted by molar-refractivity contribution is 0.585. The fourth-order valence-corrected chi connectivity index (χ4v) is 1.56. The molecule has 0 aliphatic carbocycles. The summed E-state index contributed by atoms with van der Waals surface area (Å²) >= 11 is 0. The Kier molecular flexibility index (Phi) is 2.99. The first-order chi connectivity index (χ1) is 8.11. The van der Waals surface area contributed by atoms with E-state index in [2.05, 4.69) is 15.5 Å². The number of nitrogens with one attached hydrogen (secondary N) is 1. The number of benzene rings is 1. The van der Waals surface area contributed by atoms with Gasteiger partial charge in [0.2, 0.25) is 0 Å². The summed E-state index contributed by atoms with van der Waals surface area (Å²) < 4.78 is 26.3. The molecular formula is C12H11F2N3. The summed E-state index contributed by atoms with van der Waals surface area (Å²) in [6.07, 6.45) is 0. The zero-order valence-electron chi connectivity index (χ0n) is 9.46. The molecule has 0 bridgehead atoms. The summed E-state index contributed by atoms with van der Waals surface area (Å²) in [5, 5.41) is 10.7. The highest BCUT2D eigenvalue weighted by Gasteiger charge is 2.09. The van der Waals surface area contributed by atoms with Crippen LogP contribution < -0.4 is 5.32 Å². The SMILES string of the molecule is CNc1nnc(-c2ccc(F)cc2F)cc1C. The number of halogens is 2. The van der Waals surface area contributed by atoms with Crippen LogP contribution >= 0.6 is 0 Å². The fraction of sp³-hybridized carbons (Fsp3) is 0.167. The van der Waals surface area contributed by atoms with Gasteiger partial charge in [-0.15, -0.1) is 10.2 Å². The van der Waals surface area contributed by atoms with Crippen LogP contribution in [0.25, 0.3) is 11.3 Å². The van der Waals surface area contributed by atoms with E-state index in [0.717, 1.165) is 11.6 Å². The van der Waals surface area contributed by atoms with Crippen LogP contribution in [0.1, 0.15) is 5.56 Å². The highest BCUT2D eigenvalue weighted by atomic mass is 19.1. The van der Waals surface area contributed by atoms with Crippen LogP contribution in [0.15, 0.2) is 24.3 Å². The van der Waals surface area contributed by atoms with Gasteiger partial charge in [-0.2, -0.15) is 0 Å². The molecule has 88 valence electrons. The van der Waals surface area contributed by atoms with E-state index in [1.165, 1.54) is 12.1 Å². The van der Waals surface area contributed by atoms with Crippen LogP contribution in [0.3, 0.4) is 0 Å². The minimum atomic E-state index is -0.643. The highest BCUT2D eigenvalue weighted by molar-refractivity contribution is 5.62. The molecule has 17 heavy (non-hydrogen) atoms. The minimum Gasteiger partial charge on any atom is -0.371 e. The Morgan fingerprint density at radius 3 is 2.47 bits per heavy atom. The van der Waals surface area contributed by atoms with E-state index in [-0.39, 0.29) is 5.56 Å². The Morgan fingerprint density at radius 1 is 1.12 bits per heavy atom. The normalized spacial score (nSPS) is 10.4. The third-order valence-electron chi connectivity index (χ3n) is 2.43. The van der Waals surface area contributed by atoms with Gasteiger partial charge in [-0.1, -0.05) is 0 Å². The van der Waals surface area contributed by atoms with Gasteiger partial charge in [0.25, 0.3) is 0 Å². The van der Waals surface area contributed by atoms with Crippen LogP contribution in [0.2, 0.25) is 0 Å². The second kappa shape index (κ2) is 4.45. The first-order valence-electron chi connectivity index (χ1n) is 5.09. The highest BCUT2D eigenvalue weighted by Crippen LogP contribution is 2.23. The molecular weight excluding hydrogens is 224 g/mol. The third kappa shape index (κ3) is 2.22. The van der Waals surface area contributed by atoms with Crippen LogP contribution in [0.5, 0.6) is 0 Å². The first-order valence-corrected chi connectivity index (χ1v) is 5.09. The molecule has 2 aromatic rings. The number of rotatable bonds is 2. The van der Waals surface area contributed by atoms with Gasteiger partial charge < -0.3 is 5.32 Å². The number of anilines is 1. The van der Waals surface area contributed by atoms with E-state index in [0.29, 0.717) is 11.5 Å². The topological polar surface area (TPSA) is 37.8 Å². The number of hydrogen-bond acceptors (Lipinski definition) is 3. The van der Waals surface area contributed by atoms with Crippen LogP contribution in [0.4, 0.5) is 14.6 Å². The standard InChI is InChI=1S/C12H11F2N3/c1-7-5-11(16-17-12(7)15-2)9-4-3-8(13)6-10(9)14/h3-6H,1-2H3,(H,15,17). The number of aryl methyl sites for hydroxylation is 1. The smallest absolute Gasteiger partial charge is 0.151 e. The molecule has 0 spiro atoms. The number of hydrogen-bond donors (Lipinski definition) is 1. The van der Waals surface area contributed by atoms with E-state index in [1.807, 2.05) is 6.92 Å². The molecule has 2 rings (SSSR count). The average Bonchev–Trinajstić information content (AvgIpc) is 2.29. The van der Waals surface area contributed by atoms with Gasteiger partial charge in [0, 0.05) is 18.7 Å². The lowest BCUT2D eigenvalue weighted by Gasteiger charge is -2.06. The van der Waals surface area contributed by atoms with E-state index < -0.39 is 11.6 Å². The fourth-order valence-electron chi connectivity index (χ4n) is 1.56. The molecule has 0 saturated carbocycles. The summed E-state index contributed by atoms with van der Waals surface area (Å²) in [5.41, 5.74) is 1.48. The molecule has 5 heteroatoms. The van der Waals surface area contributed by atoms with Crippen LogP contribution in [0, 0.1) is 18.6 Å². The van der Waals surface area contributed by atoms with Gasteiger partial charge in [-0.05, 0) is 30.7 Å². The predicted octanol–water partition coefficient (Wildman–Crippen LogP) is 2.77. The van der Waals surface area contributed by atoms with Crippen molar-refractivity contribution in [1.29, 1.82) is 0 Å². The molecule has 0 aliphatic rings. The van der Waals surface area contributed by atoms with E-state index in [9.17, 15) is 8.78 Å². The second-order valence-corrected chi connectivity index (χ2v) is 3.64. The molecule has 0 unspecified atom stereocenters. The van der Waals surface area contributed by atoms with E-state index in [4.69, 9.17) is 0 Å². The first kappa shape index (κ1) is 11.4. The number of nitrogens with zero attached hydrogens (tertiary/aromatic N) is 2. The molecule has 0 amide bonds. The molecule has 0 radical (unpaired) electrons. The maximum absolute atomic E-state index is 13.5. The van der Waals surface area contributed by atoms with Crippen molar-refractivity contribution >= 4 is 5.82 Å². The Labute approximate surface area is 97.5 Å². The van der Waals surface area contributed by atoms with Gasteiger partial charge in [-0.3, -0.25) is 0 Å². The van der Waals surface area contributed by atoms with E-state index in [1.54, 1.807) is 13.1 Å². The van der Waals surface area contributed by atoms with Crippen molar-refractivity contribution in [2.75, 3.05) is 12.4 Å². The summed E-state index contributed by atoms with van der Waals surface area (Å²) in [4.78, 5) is 0. The lowest BCUT2D eigenvalue weighted by Crippen LogP contribution is -1.99. The summed E-state index contributed by atoms with van der Waals surface area (Å²) in [5.74, 6) is -0.616. The van der Waals surface area contributed by atoms with Crippen LogP contribution in [-0.2, 0) is 0 Å². The molecule has 0 aliphatic heterocycles. The molecule has 0 fully saturated rings. The maximum Gasteiger partial charge on any atom is 0.151 e. The molecule has 1 N–H and O–H groups in total. The Hall–Kier alpha value is -2.04. The molecule has 1 aromatic heterocycles. The van der Waals surface area contributed by atoms with E-state index >= 15 is 0 Å². The molecule has 3 nitrogen and oxygen atoms in total. The zero-order chi connectivity index (χ0) is 12.4. The van der Waals surface area contributed by atoms with Crippen molar-refractivity contribution in [3.05, 3.63) is 41.5 Å². The van der Waals surface area contributed by atoms with Crippen molar-refractivity contribution in [2.24, 2.45) is 0 Å². The van der Waals surface area contributed by atoms with Crippen molar-refractivity contribution in [3.8, 4) is 11.3 Å². The predicted molar refractivity (Wildman–Crippen MR) is 61.7 cm³/mol. The monoisotopic (exact) mass is 235 g/mol. The summed E-state index contributed by atoms with van der Waals surface area (Å²) in [6, 6.07) is 5.09. The largest absolute Gasteiger partial charge is 0.371 e.